The summed E-state index contributed by atoms with van der Waals surface area (Å²) in [6.45, 7) is 8.17. The molecule has 0 aliphatic heterocycles. The molecular weight excluding hydrogens is 88.4 g/mol. The summed E-state index contributed by atoms with van der Waals surface area (Å²) in [4.78, 5) is 0. The van der Waals surface area contributed by atoms with Crippen LogP contribution in [0.3, 0.4) is 0 Å². The summed E-state index contributed by atoms with van der Waals surface area (Å²) in [5.74, 6) is 0. The standard InChI is InChI=1S/C3H9Si.Mg.2H/c1-4(2)3;;;/h4H,1H2,2-3H3;;;. The van der Waals surface area contributed by atoms with Gasteiger partial charge >= 0.3 is 23.1 Å². The molecule has 0 aromatic rings. The maximum Gasteiger partial charge on any atom is 0.316 e. The molecule has 0 unspecified atom stereocenters. The molecule has 2 heteroatoms. The molecule has 0 saturated heterocycles. The van der Waals surface area contributed by atoms with Gasteiger partial charge in [0.05, 0.1) is 0 Å². The van der Waals surface area contributed by atoms with Crippen molar-refractivity contribution in [3.8, 4) is 0 Å². The zero-order chi connectivity index (χ0) is 3.58. The molecule has 0 heterocycles. The van der Waals surface area contributed by atoms with Gasteiger partial charge in [0.1, 0.15) is 0 Å². The van der Waals surface area contributed by atoms with Gasteiger partial charge in [-0.1, -0.05) is 19.6 Å². The van der Waals surface area contributed by atoms with Crippen LogP contribution < -0.4 is 0 Å². The van der Waals surface area contributed by atoms with E-state index in [2.05, 4.69) is 19.6 Å². The highest BCUT2D eigenvalue weighted by molar-refractivity contribution is 6.57. The Morgan fingerprint density at radius 2 is 1.40 bits per heavy atom. The number of rotatable bonds is 0. The van der Waals surface area contributed by atoms with Crippen molar-refractivity contribution < 1.29 is 0 Å². The van der Waals surface area contributed by atoms with Gasteiger partial charge in [0.15, 0.2) is 0 Å². The summed E-state index contributed by atoms with van der Waals surface area (Å²) in [5.41, 5.74) is 0. The van der Waals surface area contributed by atoms with Crippen LogP contribution in [0.5, 0.6) is 0 Å². The molecule has 5 heavy (non-hydrogen) atoms. The minimum absolute atomic E-state index is 0. The van der Waals surface area contributed by atoms with Crippen molar-refractivity contribution in [1.29, 1.82) is 0 Å². The largest absolute Gasteiger partial charge is 0.316 e. The van der Waals surface area contributed by atoms with Crippen LogP contribution in [0.2, 0.25) is 13.1 Å². The van der Waals surface area contributed by atoms with Crippen molar-refractivity contribution in [2.75, 3.05) is 0 Å². The van der Waals surface area contributed by atoms with Gasteiger partial charge in [-0.05, 0) is 0 Å². The van der Waals surface area contributed by atoms with E-state index < -0.39 is 0 Å². The molecule has 0 amide bonds. The quantitative estimate of drug-likeness (QED) is 0.373. The maximum atomic E-state index is 3.78. The maximum absolute atomic E-state index is 3.78. The van der Waals surface area contributed by atoms with E-state index in [1.165, 1.54) is 0 Å². The van der Waals surface area contributed by atoms with Crippen LogP contribution in [0.15, 0.2) is 0 Å². The summed E-state index contributed by atoms with van der Waals surface area (Å²) in [7, 11) is -0.389. The molecule has 0 N–H and O–H groups in total. The third kappa shape index (κ3) is 45.9. The normalized spacial score (nSPS) is 7.20. The van der Waals surface area contributed by atoms with E-state index in [-0.39, 0.29) is 31.8 Å². The highest BCUT2D eigenvalue weighted by Crippen LogP contribution is 1.65. The van der Waals surface area contributed by atoms with Crippen LogP contribution in [0.4, 0.5) is 0 Å². The fraction of sp³-hybridized carbons (Fsp3) is 0.667. The first kappa shape index (κ1) is 9.36. The fourth-order valence-corrected chi connectivity index (χ4v) is 0. The molecule has 0 aliphatic rings. The Kier molecular flexibility index (Phi) is 9.33. The molecule has 0 aromatic carbocycles. The van der Waals surface area contributed by atoms with E-state index in [9.17, 15) is 0 Å². The second kappa shape index (κ2) is 4.98. The van der Waals surface area contributed by atoms with E-state index in [0.717, 1.165) is 0 Å². The van der Waals surface area contributed by atoms with E-state index in [0.29, 0.717) is 0 Å². The Balaban J connectivity index is 0. The lowest BCUT2D eigenvalue weighted by Gasteiger charge is -1.75. The predicted octanol–water partition coefficient (Wildman–Crippen LogP) is -0.0698. The van der Waals surface area contributed by atoms with Gasteiger partial charge in [-0.15, -0.1) is 0 Å². The molecule has 0 saturated carbocycles. The Hall–Kier alpha value is 0.983. The van der Waals surface area contributed by atoms with Gasteiger partial charge in [0, 0.05) is 8.80 Å². The van der Waals surface area contributed by atoms with Crippen LogP contribution in [0, 0.1) is 6.55 Å². The van der Waals surface area contributed by atoms with Crippen molar-refractivity contribution in [2.24, 2.45) is 0 Å². The van der Waals surface area contributed by atoms with Crippen molar-refractivity contribution in [1.82, 2.24) is 0 Å². The monoisotopic (exact) mass is 99.0 g/mol. The smallest absolute Gasteiger partial charge is 0.0722 e. The van der Waals surface area contributed by atoms with E-state index in [1.54, 1.807) is 0 Å². The second-order valence-electron chi connectivity index (χ2n) is 1.39. The summed E-state index contributed by atoms with van der Waals surface area (Å²) in [6, 6.07) is 0. The first-order chi connectivity index (χ1) is 1.73. The zero-order valence-electron chi connectivity index (χ0n) is 3.28. The second-order valence-corrected chi connectivity index (χ2v) is 4.18. The first-order valence-corrected chi connectivity index (χ1v) is 4.69. The minimum atomic E-state index is -0.389. The van der Waals surface area contributed by atoms with Crippen molar-refractivity contribution >= 4 is 31.8 Å². The Labute approximate surface area is 51.7 Å². The van der Waals surface area contributed by atoms with E-state index in [4.69, 9.17) is 0 Å². The summed E-state index contributed by atoms with van der Waals surface area (Å²) in [6.07, 6.45) is 0. The number of hydrogen-bond donors (Lipinski definition) is 0. The van der Waals surface area contributed by atoms with Crippen LogP contribution in [0.25, 0.3) is 0 Å². The molecule has 0 rings (SSSR count). The molecule has 0 fully saturated rings. The molecule has 0 bridgehead atoms. The third-order valence-electron chi connectivity index (χ3n) is 0. The van der Waals surface area contributed by atoms with Crippen molar-refractivity contribution in [2.45, 2.75) is 13.1 Å². The topological polar surface area (TPSA) is 0 Å². The van der Waals surface area contributed by atoms with Gasteiger partial charge in [-0.25, -0.2) is 0 Å². The Morgan fingerprint density at radius 3 is 1.40 bits per heavy atom. The van der Waals surface area contributed by atoms with Crippen LogP contribution >= 0.6 is 0 Å². The van der Waals surface area contributed by atoms with Gasteiger partial charge < -0.3 is 0 Å². The molecule has 0 spiro atoms. The van der Waals surface area contributed by atoms with Gasteiger partial charge in [0.2, 0.25) is 0 Å². The molecule has 0 nitrogen and oxygen atoms in total. The highest BCUT2D eigenvalue weighted by Gasteiger charge is 1.71. The predicted molar refractivity (Wildman–Crippen MR) is 32.8 cm³/mol. The summed E-state index contributed by atoms with van der Waals surface area (Å²) < 4.78 is 0. The van der Waals surface area contributed by atoms with Crippen LogP contribution in [0.1, 0.15) is 0 Å². The molecule has 0 aliphatic carbocycles. The summed E-state index contributed by atoms with van der Waals surface area (Å²) in [5, 5.41) is 0. The lowest BCUT2D eigenvalue weighted by molar-refractivity contribution is 2.01. The SMILES string of the molecule is [CH2][SiH](C)C.[MgH2]. The van der Waals surface area contributed by atoms with Crippen LogP contribution in [-0.4, -0.2) is 31.8 Å². The molecular formula is C3H11MgSi. The third-order valence-corrected chi connectivity index (χ3v) is 0. The lowest BCUT2D eigenvalue weighted by Crippen LogP contribution is -1.86. The number of hydrogen-bond acceptors (Lipinski definition) is 0. The molecule has 0 atom stereocenters. The Morgan fingerprint density at radius 1 is 1.40 bits per heavy atom. The highest BCUT2D eigenvalue weighted by atomic mass is 28.3. The zero-order valence-corrected chi connectivity index (χ0v) is 4.44. The lowest BCUT2D eigenvalue weighted by atomic mass is 11.8. The molecule has 1 radical (unpaired) electrons. The van der Waals surface area contributed by atoms with Crippen molar-refractivity contribution in [3.63, 3.8) is 0 Å². The average Bonchev–Trinajstić information content (AvgIpc) is 0.811. The average molecular weight is 99.5 g/mol. The molecule has 0 aromatic heterocycles. The van der Waals surface area contributed by atoms with Gasteiger partial charge in [0.25, 0.3) is 0 Å². The van der Waals surface area contributed by atoms with Crippen LogP contribution in [-0.2, 0) is 0 Å². The fourth-order valence-electron chi connectivity index (χ4n) is 0. The van der Waals surface area contributed by atoms with Gasteiger partial charge in [-0.2, -0.15) is 0 Å². The minimum Gasteiger partial charge on any atom is -0.0722 e. The van der Waals surface area contributed by atoms with Gasteiger partial charge in [-0.3, -0.25) is 0 Å². The Bertz CT molecular complexity index is 11.6. The van der Waals surface area contributed by atoms with E-state index >= 15 is 0 Å². The van der Waals surface area contributed by atoms with Crippen molar-refractivity contribution in [3.05, 3.63) is 6.55 Å². The van der Waals surface area contributed by atoms with E-state index in [1.807, 2.05) is 0 Å². The summed E-state index contributed by atoms with van der Waals surface area (Å²) >= 11 is 0. The molecule has 29 valence electrons. The first-order valence-electron chi connectivity index (χ1n) is 1.56.